The molecule has 0 aliphatic rings. The van der Waals surface area contributed by atoms with Crippen molar-refractivity contribution in [3.63, 3.8) is 0 Å². The number of allylic oxidation sites excluding steroid dienone is 1. The number of hydrogen-bond donors (Lipinski definition) is 2. The molecule has 12 heteroatoms. The molecule has 0 saturated heterocycles. The third kappa shape index (κ3) is 6.53. The van der Waals surface area contributed by atoms with Crippen LogP contribution in [0.25, 0.3) is 0 Å². The minimum atomic E-state index is -4.78. The molecular weight excluding hydrogens is 407 g/mol. The largest absolute Gasteiger partial charge is 0.467 e. The number of aryl methyl sites for hydroxylation is 1. The molecule has 1 aromatic heterocycles. The zero-order valence-corrected chi connectivity index (χ0v) is 15.3. The Balaban J connectivity index is 2.17. The van der Waals surface area contributed by atoms with E-state index in [0.29, 0.717) is 11.1 Å². The minimum absolute atomic E-state index is 0.153. The van der Waals surface area contributed by atoms with E-state index in [1.54, 1.807) is 19.1 Å². The molecule has 0 unspecified atom stereocenters. The average Bonchev–Trinajstić information content (AvgIpc) is 2.98. The summed E-state index contributed by atoms with van der Waals surface area (Å²) < 4.78 is 43.2. The Bertz CT molecular complexity index is 882. The SMILES string of the molecule is Cc1nnc(NC(=O)COC(C=C(N)C(F)(F)F)=Nc2ccccc2Cl)s1. The highest BCUT2D eigenvalue weighted by molar-refractivity contribution is 7.15. The second-order valence-corrected chi connectivity index (χ2v) is 6.55. The summed E-state index contributed by atoms with van der Waals surface area (Å²) in [5, 5.41) is 10.9. The molecule has 27 heavy (non-hydrogen) atoms. The predicted molar refractivity (Wildman–Crippen MR) is 96.1 cm³/mol. The highest BCUT2D eigenvalue weighted by Gasteiger charge is 2.32. The van der Waals surface area contributed by atoms with Crippen molar-refractivity contribution in [3.8, 4) is 0 Å². The standard InChI is InChI=1S/C15H13ClF3N5O2S/c1-8-23-24-14(27-8)22-12(25)7-26-13(6-11(20)15(17,18)19)21-10-5-3-2-4-9(10)16/h2-6H,7,20H2,1H3,(H,22,24,25). The molecule has 3 N–H and O–H groups in total. The number of aromatic nitrogens is 2. The summed E-state index contributed by atoms with van der Waals surface area (Å²) in [5.41, 5.74) is 3.72. The van der Waals surface area contributed by atoms with Gasteiger partial charge in [0.1, 0.15) is 10.7 Å². The van der Waals surface area contributed by atoms with Gasteiger partial charge in [-0.15, -0.1) is 10.2 Å². The Labute approximate surface area is 160 Å². The molecule has 0 fully saturated rings. The van der Waals surface area contributed by atoms with Crippen LogP contribution < -0.4 is 11.1 Å². The van der Waals surface area contributed by atoms with Crippen LogP contribution in [0.5, 0.6) is 0 Å². The first-order chi connectivity index (χ1) is 12.6. The molecule has 0 bridgehead atoms. The number of para-hydroxylation sites is 1. The number of nitrogens with one attached hydrogen (secondary N) is 1. The maximum atomic E-state index is 12.7. The van der Waals surface area contributed by atoms with Crippen molar-refractivity contribution in [2.24, 2.45) is 10.7 Å². The van der Waals surface area contributed by atoms with Crippen LogP contribution in [0.3, 0.4) is 0 Å². The second kappa shape index (κ2) is 8.82. The first kappa shape index (κ1) is 20.6. The van der Waals surface area contributed by atoms with Gasteiger partial charge in [0.25, 0.3) is 5.91 Å². The topological polar surface area (TPSA) is 102 Å². The van der Waals surface area contributed by atoms with Crippen LogP contribution in [0.15, 0.2) is 41.0 Å². The monoisotopic (exact) mass is 419 g/mol. The minimum Gasteiger partial charge on any atom is -0.467 e. The number of nitrogens with two attached hydrogens (primary N) is 1. The van der Waals surface area contributed by atoms with Gasteiger partial charge in [0, 0.05) is 6.08 Å². The van der Waals surface area contributed by atoms with Crippen LogP contribution in [-0.2, 0) is 9.53 Å². The molecule has 2 rings (SSSR count). The Kier molecular flexibility index (Phi) is 6.75. The number of carbonyl (C=O) groups excluding carboxylic acids is 1. The lowest BCUT2D eigenvalue weighted by molar-refractivity contribution is -0.118. The summed E-state index contributed by atoms with van der Waals surface area (Å²) in [6, 6.07) is 6.18. The Morgan fingerprint density at radius 2 is 2.11 bits per heavy atom. The molecule has 0 radical (unpaired) electrons. The van der Waals surface area contributed by atoms with E-state index in [4.69, 9.17) is 22.1 Å². The van der Waals surface area contributed by atoms with Crippen LogP contribution in [0.2, 0.25) is 5.02 Å². The van der Waals surface area contributed by atoms with Crippen LogP contribution >= 0.6 is 22.9 Å². The number of rotatable bonds is 5. The summed E-state index contributed by atoms with van der Waals surface area (Å²) in [6.07, 6.45) is -4.30. The highest BCUT2D eigenvalue weighted by atomic mass is 35.5. The summed E-state index contributed by atoms with van der Waals surface area (Å²) >= 11 is 7.07. The second-order valence-electron chi connectivity index (χ2n) is 4.96. The number of carbonyl (C=O) groups is 1. The fraction of sp³-hybridized carbons (Fsp3) is 0.200. The number of hydrogen-bond acceptors (Lipinski definition) is 7. The van der Waals surface area contributed by atoms with Crippen LogP contribution in [0.1, 0.15) is 5.01 Å². The molecule has 0 atom stereocenters. The molecule has 1 heterocycles. The number of amides is 1. The van der Waals surface area contributed by atoms with Gasteiger partial charge in [0.15, 0.2) is 6.61 Å². The van der Waals surface area contributed by atoms with E-state index < -0.39 is 30.3 Å². The summed E-state index contributed by atoms with van der Waals surface area (Å²) in [7, 11) is 0. The van der Waals surface area contributed by atoms with Crippen molar-refractivity contribution < 1.29 is 22.7 Å². The number of alkyl halides is 3. The zero-order valence-electron chi connectivity index (χ0n) is 13.7. The van der Waals surface area contributed by atoms with Crippen molar-refractivity contribution in [2.45, 2.75) is 13.1 Å². The van der Waals surface area contributed by atoms with Crippen LogP contribution in [-0.4, -0.2) is 34.8 Å². The van der Waals surface area contributed by atoms with E-state index in [1.165, 1.54) is 12.1 Å². The molecule has 144 valence electrons. The first-order valence-corrected chi connectivity index (χ1v) is 8.45. The number of anilines is 1. The quantitative estimate of drug-likeness (QED) is 0.569. The molecule has 7 nitrogen and oxygen atoms in total. The lowest BCUT2D eigenvalue weighted by Gasteiger charge is -2.10. The number of benzene rings is 1. The van der Waals surface area contributed by atoms with E-state index in [0.717, 1.165) is 11.3 Å². The Hall–Kier alpha value is -2.66. The van der Waals surface area contributed by atoms with E-state index in [-0.39, 0.29) is 15.8 Å². The van der Waals surface area contributed by atoms with Crippen molar-refractivity contribution in [2.75, 3.05) is 11.9 Å². The summed E-state index contributed by atoms with van der Waals surface area (Å²) in [5.74, 6) is -1.18. The van der Waals surface area contributed by atoms with Crippen molar-refractivity contribution in [3.05, 3.63) is 46.1 Å². The van der Waals surface area contributed by atoms with Crippen molar-refractivity contribution >= 4 is 45.6 Å². The van der Waals surface area contributed by atoms with Gasteiger partial charge in [-0.25, -0.2) is 4.99 Å². The zero-order chi connectivity index (χ0) is 20.0. The first-order valence-electron chi connectivity index (χ1n) is 7.25. The van der Waals surface area contributed by atoms with Gasteiger partial charge in [-0.05, 0) is 19.1 Å². The normalized spacial score (nSPS) is 12.8. The lowest BCUT2D eigenvalue weighted by atomic mass is 10.3. The van der Waals surface area contributed by atoms with Gasteiger partial charge in [0.05, 0.1) is 10.7 Å². The molecule has 0 saturated carbocycles. The van der Waals surface area contributed by atoms with Gasteiger partial charge in [-0.2, -0.15) is 13.2 Å². The van der Waals surface area contributed by atoms with E-state index in [1.807, 2.05) is 0 Å². The number of halogens is 4. The van der Waals surface area contributed by atoms with Gasteiger partial charge >= 0.3 is 6.18 Å². The molecular formula is C15H13ClF3N5O2S. The van der Waals surface area contributed by atoms with Crippen molar-refractivity contribution in [1.82, 2.24) is 10.2 Å². The smallest absolute Gasteiger partial charge is 0.430 e. The summed E-state index contributed by atoms with van der Waals surface area (Å²) in [4.78, 5) is 15.8. The summed E-state index contributed by atoms with van der Waals surface area (Å²) in [6.45, 7) is 1.08. The molecule has 1 aromatic carbocycles. The van der Waals surface area contributed by atoms with E-state index in [2.05, 4.69) is 20.5 Å². The highest BCUT2D eigenvalue weighted by Crippen LogP contribution is 2.25. The van der Waals surface area contributed by atoms with Gasteiger partial charge in [-0.3, -0.25) is 10.1 Å². The van der Waals surface area contributed by atoms with Gasteiger partial charge < -0.3 is 10.5 Å². The van der Waals surface area contributed by atoms with Gasteiger partial charge in [0.2, 0.25) is 11.0 Å². The van der Waals surface area contributed by atoms with E-state index >= 15 is 0 Å². The number of aliphatic imine (C=N–C) groups is 1. The van der Waals surface area contributed by atoms with Gasteiger partial charge in [-0.1, -0.05) is 35.1 Å². The Morgan fingerprint density at radius 3 is 2.70 bits per heavy atom. The average molecular weight is 420 g/mol. The third-order valence-corrected chi connectivity index (χ3v) is 3.89. The number of ether oxygens (including phenoxy) is 1. The third-order valence-electron chi connectivity index (χ3n) is 2.81. The van der Waals surface area contributed by atoms with E-state index in [9.17, 15) is 18.0 Å². The fourth-order valence-corrected chi connectivity index (χ4v) is 2.41. The van der Waals surface area contributed by atoms with Crippen molar-refractivity contribution in [1.29, 1.82) is 0 Å². The van der Waals surface area contributed by atoms with Crippen LogP contribution in [0.4, 0.5) is 24.0 Å². The Morgan fingerprint density at radius 1 is 1.41 bits per heavy atom. The number of nitrogens with zero attached hydrogens (tertiary/aromatic N) is 3. The lowest BCUT2D eigenvalue weighted by Crippen LogP contribution is -2.23. The molecule has 0 spiro atoms. The molecule has 0 aliphatic carbocycles. The predicted octanol–water partition coefficient (Wildman–Crippen LogP) is 3.59. The van der Waals surface area contributed by atoms with Crippen LogP contribution in [0, 0.1) is 6.92 Å². The fourth-order valence-electron chi connectivity index (χ4n) is 1.62. The molecule has 0 aliphatic heterocycles. The maximum absolute atomic E-state index is 12.7. The molecule has 2 aromatic rings. The molecule has 1 amide bonds. The maximum Gasteiger partial charge on any atom is 0.430 e.